The van der Waals surface area contributed by atoms with Gasteiger partial charge in [-0.3, -0.25) is 4.79 Å². The number of carbonyl (C=O) groups is 1. The van der Waals surface area contributed by atoms with E-state index in [0.717, 1.165) is 5.56 Å². The van der Waals surface area contributed by atoms with Crippen LogP contribution >= 0.6 is 0 Å². The van der Waals surface area contributed by atoms with E-state index in [4.69, 9.17) is 9.47 Å². The number of benzene rings is 2. The first-order valence-corrected chi connectivity index (χ1v) is 7.53. The number of hydrogen-bond acceptors (Lipinski definition) is 3. The van der Waals surface area contributed by atoms with Crippen molar-refractivity contribution < 1.29 is 14.3 Å². The number of aryl methyl sites for hydroxylation is 1. The molecule has 0 fully saturated rings. The van der Waals surface area contributed by atoms with Crippen molar-refractivity contribution in [2.75, 3.05) is 21.3 Å². The topological polar surface area (TPSA) is 38.8 Å². The summed E-state index contributed by atoms with van der Waals surface area (Å²) >= 11 is 0. The molecule has 0 N–H and O–H groups in total. The van der Waals surface area contributed by atoms with Crippen molar-refractivity contribution >= 4 is 5.91 Å². The van der Waals surface area contributed by atoms with Gasteiger partial charge in [0.05, 0.1) is 20.3 Å². The van der Waals surface area contributed by atoms with Crippen LogP contribution in [0.5, 0.6) is 11.5 Å². The number of ether oxygens (including phenoxy) is 2. The lowest BCUT2D eigenvalue weighted by atomic mass is 10.0. The van der Waals surface area contributed by atoms with Crippen LogP contribution in [0, 0.1) is 6.92 Å². The number of rotatable bonds is 5. The average molecular weight is 313 g/mol. The van der Waals surface area contributed by atoms with Crippen LogP contribution in [0.1, 0.15) is 34.5 Å². The van der Waals surface area contributed by atoms with E-state index in [1.165, 1.54) is 5.56 Å². The SMILES string of the molecule is COc1ccc(C(=O)N(C)C(C)c2ccc(C)cc2)cc1OC. The molecule has 1 amide bonds. The van der Waals surface area contributed by atoms with Crippen LogP contribution < -0.4 is 9.47 Å². The minimum absolute atomic E-state index is 0.0174. The molecule has 0 aromatic heterocycles. The lowest BCUT2D eigenvalue weighted by molar-refractivity contribution is 0.0742. The van der Waals surface area contributed by atoms with Gasteiger partial charge in [-0.05, 0) is 37.6 Å². The predicted octanol–water partition coefficient (Wildman–Crippen LogP) is 3.85. The highest BCUT2D eigenvalue weighted by atomic mass is 16.5. The minimum Gasteiger partial charge on any atom is -0.493 e. The zero-order valence-electron chi connectivity index (χ0n) is 14.3. The van der Waals surface area contributed by atoms with E-state index in [2.05, 4.69) is 24.3 Å². The zero-order valence-corrected chi connectivity index (χ0v) is 14.3. The van der Waals surface area contributed by atoms with Gasteiger partial charge >= 0.3 is 0 Å². The maximum atomic E-state index is 12.7. The molecule has 1 unspecified atom stereocenters. The lowest BCUT2D eigenvalue weighted by Crippen LogP contribution is -2.29. The molecule has 0 spiro atoms. The van der Waals surface area contributed by atoms with Gasteiger partial charge in [-0.2, -0.15) is 0 Å². The molecule has 2 aromatic rings. The van der Waals surface area contributed by atoms with Gasteiger partial charge in [0.25, 0.3) is 5.91 Å². The highest BCUT2D eigenvalue weighted by Gasteiger charge is 2.20. The summed E-state index contributed by atoms with van der Waals surface area (Å²) in [5, 5.41) is 0. The Morgan fingerprint density at radius 1 is 1.00 bits per heavy atom. The Kier molecular flexibility index (Phi) is 5.27. The molecule has 0 radical (unpaired) electrons. The molecule has 0 aliphatic heterocycles. The number of hydrogen-bond donors (Lipinski definition) is 0. The summed E-state index contributed by atoms with van der Waals surface area (Å²) in [5.41, 5.74) is 2.88. The normalized spacial score (nSPS) is 11.7. The monoisotopic (exact) mass is 313 g/mol. The van der Waals surface area contributed by atoms with Gasteiger partial charge in [-0.25, -0.2) is 0 Å². The van der Waals surface area contributed by atoms with Crippen molar-refractivity contribution in [2.24, 2.45) is 0 Å². The van der Waals surface area contributed by atoms with Crippen LogP contribution in [-0.2, 0) is 0 Å². The lowest BCUT2D eigenvalue weighted by Gasteiger charge is -2.26. The Hall–Kier alpha value is -2.49. The van der Waals surface area contributed by atoms with Crippen molar-refractivity contribution in [1.82, 2.24) is 4.90 Å². The molecule has 0 aliphatic rings. The first kappa shape index (κ1) is 16.9. The summed E-state index contributed by atoms with van der Waals surface area (Å²) in [5.74, 6) is 1.10. The van der Waals surface area contributed by atoms with Crippen LogP contribution in [0.15, 0.2) is 42.5 Å². The molecule has 0 saturated carbocycles. The van der Waals surface area contributed by atoms with Crippen molar-refractivity contribution in [3.63, 3.8) is 0 Å². The van der Waals surface area contributed by atoms with E-state index >= 15 is 0 Å². The van der Waals surface area contributed by atoms with Gasteiger partial charge in [-0.15, -0.1) is 0 Å². The second-order valence-corrected chi connectivity index (χ2v) is 5.57. The van der Waals surface area contributed by atoms with Crippen molar-refractivity contribution in [1.29, 1.82) is 0 Å². The quantitative estimate of drug-likeness (QED) is 0.841. The maximum Gasteiger partial charge on any atom is 0.254 e. The standard InChI is InChI=1S/C19H23NO3/c1-13-6-8-15(9-7-13)14(2)20(3)19(21)16-10-11-17(22-4)18(12-16)23-5/h6-12,14H,1-5H3. The van der Waals surface area contributed by atoms with E-state index in [0.29, 0.717) is 17.1 Å². The smallest absolute Gasteiger partial charge is 0.254 e. The van der Waals surface area contributed by atoms with Gasteiger partial charge in [0, 0.05) is 12.6 Å². The van der Waals surface area contributed by atoms with Crippen molar-refractivity contribution in [3.05, 3.63) is 59.2 Å². The van der Waals surface area contributed by atoms with Crippen molar-refractivity contribution in [3.8, 4) is 11.5 Å². The third-order valence-corrected chi connectivity index (χ3v) is 4.09. The van der Waals surface area contributed by atoms with Crippen LogP contribution in [0.3, 0.4) is 0 Å². The Morgan fingerprint density at radius 3 is 2.17 bits per heavy atom. The number of methoxy groups -OCH3 is 2. The summed E-state index contributed by atoms with van der Waals surface area (Å²) in [6, 6.07) is 13.4. The molecule has 0 saturated heterocycles. The first-order valence-electron chi connectivity index (χ1n) is 7.53. The maximum absolute atomic E-state index is 12.7. The Morgan fingerprint density at radius 2 is 1.61 bits per heavy atom. The molecule has 0 bridgehead atoms. The molecule has 0 heterocycles. The highest BCUT2D eigenvalue weighted by Crippen LogP contribution is 2.29. The van der Waals surface area contributed by atoms with Gasteiger partial charge in [0.15, 0.2) is 11.5 Å². The van der Waals surface area contributed by atoms with Crippen LogP contribution in [-0.4, -0.2) is 32.1 Å². The zero-order chi connectivity index (χ0) is 17.0. The summed E-state index contributed by atoms with van der Waals surface area (Å²) in [6.07, 6.45) is 0. The summed E-state index contributed by atoms with van der Waals surface area (Å²) < 4.78 is 10.5. The molecule has 4 heteroatoms. The number of amides is 1. The molecule has 0 aliphatic carbocycles. The van der Waals surface area contributed by atoms with E-state index in [1.807, 2.05) is 20.9 Å². The van der Waals surface area contributed by atoms with Crippen LogP contribution in [0.2, 0.25) is 0 Å². The van der Waals surface area contributed by atoms with Gasteiger partial charge in [-0.1, -0.05) is 29.8 Å². The van der Waals surface area contributed by atoms with Crippen LogP contribution in [0.25, 0.3) is 0 Å². The second kappa shape index (κ2) is 7.18. The third-order valence-electron chi connectivity index (χ3n) is 4.09. The summed E-state index contributed by atoms with van der Waals surface area (Å²) in [6.45, 7) is 4.07. The van der Waals surface area contributed by atoms with E-state index < -0.39 is 0 Å². The van der Waals surface area contributed by atoms with E-state index in [-0.39, 0.29) is 11.9 Å². The molecule has 1 atom stereocenters. The van der Waals surface area contributed by atoms with Crippen LogP contribution in [0.4, 0.5) is 0 Å². The van der Waals surface area contributed by atoms with Gasteiger partial charge in [0.1, 0.15) is 0 Å². The minimum atomic E-state index is -0.0565. The fourth-order valence-electron chi connectivity index (χ4n) is 2.42. The predicted molar refractivity (Wildman–Crippen MR) is 91.2 cm³/mol. The molecule has 23 heavy (non-hydrogen) atoms. The fraction of sp³-hybridized carbons (Fsp3) is 0.316. The Labute approximate surface area is 137 Å². The highest BCUT2D eigenvalue weighted by molar-refractivity contribution is 5.95. The second-order valence-electron chi connectivity index (χ2n) is 5.57. The largest absolute Gasteiger partial charge is 0.493 e. The Balaban J connectivity index is 2.23. The first-order chi connectivity index (χ1) is 11.0. The molecular formula is C19H23NO3. The van der Waals surface area contributed by atoms with E-state index in [1.54, 1.807) is 37.3 Å². The molecule has 2 rings (SSSR count). The van der Waals surface area contributed by atoms with Gasteiger partial charge < -0.3 is 14.4 Å². The van der Waals surface area contributed by atoms with E-state index in [9.17, 15) is 4.79 Å². The molecule has 122 valence electrons. The molecule has 2 aromatic carbocycles. The summed E-state index contributed by atoms with van der Waals surface area (Å²) in [7, 11) is 4.94. The fourth-order valence-corrected chi connectivity index (χ4v) is 2.42. The molecule has 4 nitrogen and oxygen atoms in total. The number of carbonyl (C=O) groups excluding carboxylic acids is 1. The number of nitrogens with zero attached hydrogens (tertiary/aromatic N) is 1. The molecular weight excluding hydrogens is 290 g/mol. The average Bonchev–Trinajstić information content (AvgIpc) is 2.59. The third kappa shape index (κ3) is 3.65. The van der Waals surface area contributed by atoms with Crippen molar-refractivity contribution in [2.45, 2.75) is 19.9 Å². The Bertz CT molecular complexity index is 680. The van der Waals surface area contributed by atoms with Gasteiger partial charge in [0.2, 0.25) is 0 Å². The summed E-state index contributed by atoms with van der Waals surface area (Å²) in [4.78, 5) is 14.5.